The first kappa shape index (κ1) is 10.8. The molecule has 4 rings (SSSR count). The van der Waals surface area contributed by atoms with Crippen molar-refractivity contribution in [2.45, 2.75) is 13.0 Å². The standard InChI is InChI=1S/C16H15N3/c1-2-4-13-9-14(6-5-12(13)3-1)19-11-18-15-10-17-8-7-16(15)19/h1-6,9,11,17H,7-8,10H2. The lowest BCUT2D eigenvalue weighted by molar-refractivity contribution is 0.620. The van der Waals surface area contributed by atoms with Crippen LogP contribution in [0.15, 0.2) is 48.8 Å². The zero-order valence-corrected chi connectivity index (χ0v) is 10.6. The van der Waals surface area contributed by atoms with Crippen LogP contribution in [0, 0.1) is 0 Å². The lowest BCUT2D eigenvalue weighted by Crippen LogP contribution is -2.24. The SMILES string of the molecule is c1ccc2cc(-n3cnc4c3CCNC4)ccc2c1. The average molecular weight is 249 g/mol. The van der Waals surface area contributed by atoms with Crippen molar-refractivity contribution in [3.63, 3.8) is 0 Å². The maximum atomic E-state index is 4.51. The van der Waals surface area contributed by atoms with Gasteiger partial charge in [-0.2, -0.15) is 0 Å². The summed E-state index contributed by atoms with van der Waals surface area (Å²) in [6, 6.07) is 15.0. The van der Waals surface area contributed by atoms with Crippen LogP contribution in [0.1, 0.15) is 11.4 Å². The molecule has 19 heavy (non-hydrogen) atoms. The lowest BCUT2D eigenvalue weighted by Gasteiger charge is -2.15. The number of imidazole rings is 1. The Morgan fingerprint density at radius 3 is 2.89 bits per heavy atom. The number of fused-ring (bicyclic) bond motifs is 2. The first-order valence-corrected chi connectivity index (χ1v) is 6.67. The van der Waals surface area contributed by atoms with E-state index >= 15 is 0 Å². The van der Waals surface area contributed by atoms with E-state index in [2.05, 4.69) is 57.3 Å². The highest BCUT2D eigenvalue weighted by Crippen LogP contribution is 2.22. The third-order valence-corrected chi connectivity index (χ3v) is 3.80. The Labute approximate surface area is 111 Å². The minimum Gasteiger partial charge on any atom is -0.311 e. The lowest BCUT2D eigenvalue weighted by atomic mass is 10.1. The summed E-state index contributed by atoms with van der Waals surface area (Å²) in [5.41, 5.74) is 3.72. The maximum absolute atomic E-state index is 4.51. The Hall–Kier alpha value is -2.13. The van der Waals surface area contributed by atoms with Gasteiger partial charge in [-0.1, -0.05) is 30.3 Å². The van der Waals surface area contributed by atoms with Crippen molar-refractivity contribution in [3.05, 3.63) is 60.2 Å². The molecule has 3 aromatic rings. The molecule has 0 aliphatic carbocycles. The zero-order chi connectivity index (χ0) is 12.7. The van der Waals surface area contributed by atoms with E-state index in [1.165, 1.54) is 27.8 Å². The molecule has 0 spiro atoms. The molecule has 0 amide bonds. The molecule has 0 fully saturated rings. The molecule has 0 radical (unpaired) electrons. The molecule has 1 aliphatic rings. The van der Waals surface area contributed by atoms with Crippen molar-refractivity contribution in [3.8, 4) is 5.69 Å². The summed E-state index contributed by atoms with van der Waals surface area (Å²) in [7, 11) is 0. The fourth-order valence-corrected chi connectivity index (χ4v) is 2.79. The smallest absolute Gasteiger partial charge is 0.0998 e. The third-order valence-electron chi connectivity index (χ3n) is 3.80. The predicted octanol–water partition coefficient (Wildman–Crippen LogP) is 2.67. The monoisotopic (exact) mass is 249 g/mol. The van der Waals surface area contributed by atoms with Gasteiger partial charge in [0.1, 0.15) is 0 Å². The van der Waals surface area contributed by atoms with Crippen LogP contribution in [0.25, 0.3) is 16.5 Å². The highest BCUT2D eigenvalue weighted by Gasteiger charge is 2.15. The van der Waals surface area contributed by atoms with Crippen molar-refractivity contribution in [2.24, 2.45) is 0 Å². The van der Waals surface area contributed by atoms with E-state index in [0.29, 0.717) is 0 Å². The van der Waals surface area contributed by atoms with E-state index in [9.17, 15) is 0 Å². The molecule has 2 aromatic carbocycles. The summed E-state index contributed by atoms with van der Waals surface area (Å²) in [5, 5.41) is 5.91. The van der Waals surface area contributed by atoms with Gasteiger partial charge in [0.15, 0.2) is 0 Å². The number of aromatic nitrogens is 2. The van der Waals surface area contributed by atoms with E-state index in [-0.39, 0.29) is 0 Å². The van der Waals surface area contributed by atoms with Crippen LogP contribution < -0.4 is 5.32 Å². The van der Waals surface area contributed by atoms with Gasteiger partial charge in [0.25, 0.3) is 0 Å². The van der Waals surface area contributed by atoms with Gasteiger partial charge in [-0.05, 0) is 22.9 Å². The van der Waals surface area contributed by atoms with Crippen LogP contribution in [0.3, 0.4) is 0 Å². The van der Waals surface area contributed by atoms with Gasteiger partial charge >= 0.3 is 0 Å². The van der Waals surface area contributed by atoms with Crippen molar-refractivity contribution in [1.82, 2.24) is 14.9 Å². The number of hydrogen-bond acceptors (Lipinski definition) is 2. The molecule has 1 aromatic heterocycles. The van der Waals surface area contributed by atoms with Gasteiger partial charge in [0.2, 0.25) is 0 Å². The van der Waals surface area contributed by atoms with E-state index in [1.807, 2.05) is 6.33 Å². The number of benzene rings is 2. The fourth-order valence-electron chi connectivity index (χ4n) is 2.79. The van der Waals surface area contributed by atoms with Gasteiger partial charge in [0.05, 0.1) is 12.0 Å². The van der Waals surface area contributed by atoms with Crippen LogP contribution in [0.2, 0.25) is 0 Å². The second-order valence-electron chi connectivity index (χ2n) is 4.97. The van der Waals surface area contributed by atoms with Crippen LogP contribution in [-0.2, 0) is 13.0 Å². The summed E-state index contributed by atoms with van der Waals surface area (Å²) in [5.74, 6) is 0. The van der Waals surface area contributed by atoms with Crippen LogP contribution in [0.4, 0.5) is 0 Å². The van der Waals surface area contributed by atoms with Gasteiger partial charge in [-0.25, -0.2) is 4.98 Å². The third kappa shape index (κ3) is 1.74. The summed E-state index contributed by atoms with van der Waals surface area (Å²) in [4.78, 5) is 4.51. The maximum Gasteiger partial charge on any atom is 0.0998 e. The van der Waals surface area contributed by atoms with Gasteiger partial charge < -0.3 is 9.88 Å². The Balaban J connectivity index is 1.88. The minimum atomic E-state index is 0.885. The molecule has 1 N–H and O–H groups in total. The minimum absolute atomic E-state index is 0.885. The first-order valence-electron chi connectivity index (χ1n) is 6.67. The van der Waals surface area contributed by atoms with Crippen LogP contribution >= 0.6 is 0 Å². The van der Waals surface area contributed by atoms with Crippen molar-refractivity contribution < 1.29 is 0 Å². The topological polar surface area (TPSA) is 29.9 Å². The second-order valence-corrected chi connectivity index (χ2v) is 4.97. The van der Waals surface area contributed by atoms with Crippen molar-refractivity contribution >= 4 is 10.8 Å². The van der Waals surface area contributed by atoms with E-state index in [1.54, 1.807) is 0 Å². The Morgan fingerprint density at radius 1 is 1.05 bits per heavy atom. The summed E-state index contributed by atoms with van der Waals surface area (Å²) in [6.07, 6.45) is 2.99. The first-order chi connectivity index (χ1) is 9.42. The molecular formula is C16H15N3. The number of nitrogens with zero attached hydrogens (tertiary/aromatic N) is 2. The Bertz CT molecular complexity index is 743. The molecule has 2 heterocycles. The van der Waals surface area contributed by atoms with Crippen LogP contribution in [0.5, 0.6) is 0 Å². The Morgan fingerprint density at radius 2 is 1.95 bits per heavy atom. The molecular weight excluding hydrogens is 234 g/mol. The molecule has 0 saturated heterocycles. The molecule has 3 nitrogen and oxygen atoms in total. The second kappa shape index (κ2) is 4.21. The molecule has 0 atom stereocenters. The molecule has 0 bridgehead atoms. The van der Waals surface area contributed by atoms with E-state index in [4.69, 9.17) is 0 Å². The molecule has 1 aliphatic heterocycles. The van der Waals surface area contributed by atoms with Crippen molar-refractivity contribution in [2.75, 3.05) is 6.54 Å². The number of nitrogens with one attached hydrogen (secondary N) is 1. The highest BCUT2D eigenvalue weighted by molar-refractivity contribution is 5.84. The quantitative estimate of drug-likeness (QED) is 0.718. The van der Waals surface area contributed by atoms with Crippen LogP contribution in [-0.4, -0.2) is 16.1 Å². The van der Waals surface area contributed by atoms with E-state index in [0.717, 1.165) is 19.5 Å². The average Bonchev–Trinajstić information content (AvgIpc) is 2.91. The number of rotatable bonds is 1. The van der Waals surface area contributed by atoms with Crippen molar-refractivity contribution in [1.29, 1.82) is 0 Å². The van der Waals surface area contributed by atoms with Gasteiger partial charge in [-0.3, -0.25) is 0 Å². The largest absolute Gasteiger partial charge is 0.311 e. The summed E-state index contributed by atoms with van der Waals surface area (Å²) >= 11 is 0. The molecule has 0 saturated carbocycles. The predicted molar refractivity (Wildman–Crippen MR) is 76.5 cm³/mol. The molecule has 3 heteroatoms. The summed E-state index contributed by atoms with van der Waals surface area (Å²) in [6.45, 7) is 1.92. The molecule has 94 valence electrons. The zero-order valence-electron chi connectivity index (χ0n) is 10.6. The van der Waals surface area contributed by atoms with E-state index < -0.39 is 0 Å². The summed E-state index contributed by atoms with van der Waals surface area (Å²) < 4.78 is 2.22. The fraction of sp³-hybridized carbons (Fsp3) is 0.188. The van der Waals surface area contributed by atoms with Gasteiger partial charge in [0, 0.05) is 30.9 Å². The normalized spacial score (nSPS) is 14.5. The highest BCUT2D eigenvalue weighted by atomic mass is 15.1. The number of hydrogen-bond donors (Lipinski definition) is 1. The van der Waals surface area contributed by atoms with Gasteiger partial charge in [-0.15, -0.1) is 0 Å². The Kier molecular flexibility index (Phi) is 2.38. The molecule has 0 unspecified atom stereocenters.